The molecule has 0 aliphatic rings. The predicted octanol–water partition coefficient (Wildman–Crippen LogP) is 2.49. The zero-order chi connectivity index (χ0) is 13.3. The molecule has 1 aromatic heterocycles. The number of carboxylic acid groups (broad SMARTS) is 1. The minimum Gasteiger partial charge on any atom is -0.478 e. The predicted molar refractivity (Wildman–Crippen MR) is 64.9 cm³/mol. The minimum atomic E-state index is -1.14. The molecule has 0 amide bonds. The molecule has 0 aliphatic heterocycles. The van der Waals surface area contributed by atoms with Gasteiger partial charge < -0.3 is 5.11 Å². The first-order valence-electron chi connectivity index (χ1n) is 5.58. The summed E-state index contributed by atoms with van der Waals surface area (Å²) in [5.74, 6) is -1.70. The molecule has 0 saturated heterocycles. The summed E-state index contributed by atoms with van der Waals surface area (Å²) in [6.07, 6.45) is 2.44. The van der Waals surface area contributed by atoms with E-state index in [1.165, 1.54) is 12.1 Å². The zero-order valence-electron chi connectivity index (χ0n) is 10.1. The Labute approximate surface area is 104 Å². The number of hydrogen-bond donors (Lipinski definition) is 1. The van der Waals surface area contributed by atoms with Crippen LogP contribution < -0.4 is 0 Å². The first-order valence-corrected chi connectivity index (χ1v) is 5.58. The van der Waals surface area contributed by atoms with E-state index in [1.54, 1.807) is 17.9 Å². The highest BCUT2D eigenvalue weighted by molar-refractivity contribution is 5.96. The van der Waals surface area contributed by atoms with Crippen LogP contribution in [0.25, 0.3) is 11.1 Å². The first-order chi connectivity index (χ1) is 8.52. The number of hydrogen-bond acceptors (Lipinski definition) is 2. The molecule has 0 unspecified atom stereocenters. The van der Waals surface area contributed by atoms with E-state index in [0.717, 1.165) is 17.3 Å². The lowest BCUT2D eigenvalue weighted by molar-refractivity contribution is 0.0697. The normalized spacial score (nSPS) is 10.6. The Bertz CT molecular complexity index is 605. The fourth-order valence-electron chi connectivity index (χ4n) is 1.95. The Kier molecular flexibility index (Phi) is 3.14. The maximum atomic E-state index is 13.1. The molecule has 1 N–H and O–H groups in total. The molecule has 18 heavy (non-hydrogen) atoms. The number of aryl methyl sites for hydroxylation is 2. The summed E-state index contributed by atoms with van der Waals surface area (Å²) in [5.41, 5.74) is 1.98. The van der Waals surface area contributed by atoms with E-state index in [0.29, 0.717) is 12.0 Å². The van der Waals surface area contributed by atoms with Crippen molar-refractivity contribution in [3.63, 3.8) is 0 Å². The molecule has 0 spiro atoms. The third-order valence-corrected chi connectivity index (χ3v) is 2.74. The second-order valence-electron chi connectivity index (χ2n) is 4.01. The van der Waals surface area contributed by atoms with Gasteiger partial charge >= 0.3 is 5.97 Å². The molecular formula is C13H13FN2O2. The monoisotopic (exact) mass is 248 g/mol. The number of aromatic carboxylic acids is 1. The highest BCUT2D eigenvalue weighted by Crippen LogP contribution is 2.27. The van der Waals surface area contributed by atoms with E-state index in [2.05, 4.69) is 5.10 Å². The van der Waals surface area contributed by atoms with Crippen LogP contribution in [0.2, 0.25) is 0 Å². The molecule has 5 heteroatoms. The second kappa shape index (κ2) is 4.60. The number of carbonyl (C=O) groups is 1. The average molecular weight is 248 g/mol. The lowest BCUT2D eigenvalue weighted by Crippen LogP contribution is -2.01. The second-order valence-corrected chi connectivity index (χ2v) is 4.01. The number of aromatic nitrogens is 2. The van der Waals surface area contributed by atoms with Gasteiger partial charge in [-0.15, -0.1) is 0 Å². The molecule has 4 nitrogen and oxygen atoms in total. The third kappa shape index (κ3) is 2.11. The van der Waals surface area contributed by atoms with E-state index in [9.17, 15) is 9.18 Å². The minimum absolute atomic E-state index is 0.0438. The highest BCUT2D eigenvalue weighted by Gasteiger charge is 2.17. The van der Waals surface area contributed by atoms with Gasteiger partial charge in [-0.2, -0.15) is 5.10 Å². The maximum absolute atomic E-state index is 13.1. The number of carboxylic acids is 1. The van der Waals surface area contributed by atoms with Crippen LogP contribution in [0.3, 0.4) is 0 Å². The standard InChI is InChI=1S/C13H13FN2O2/c1-3-12-11(7-16(2)15-12)9-5-4-8(14)6-10(9)13(17)18/h4-7H,3H2,1-2H3,(H,17,18). The molecule has 0 radical (unpaired) electrons. The van der Waals surface area contributed by atoms with Gasteiger partial charge in [-0.25, -0.2) is 9.18 Å². The van der Waals surface area contributed by atoms with Gasteiger partial charge in [0.15, 0.2) is 0 Å². The molecule has 94 valence electrons. The lowest BCUT2D eigenvalue weighted by Gasteiger charge is -2.05. The quantitative estimate of drug-likeness (QED) is 0.907. The molecule has 0 bridgehead atoms. The van der Waals surface area contributed by atoms with Crippen molar-refractivity contribution in [2.45, 2.75) is 13.3 Å². The number of halogens is 1. The Morgan fingerprint density at radius 1 is 1.44 bits per heavy atom. The van der Waals surface area contributed by atoms with Crippen LogP contribution in [-0.4, -0.2) is 20.9 Å². The van der Waals surface area contributed by atoms with Crippen LogP contribution in [0, 0.1) is 5.82 Å². The molecule has 1 aromatic carbocycles. The highest BCUT2D eigenvalue weighted by atomic mass is 19.1. The molecule has 2 aromatic rings. The van der Waals surface area contributed by atoms with Crippen molar-refractivity contribution in [1.29, 1.82) is 0 Å². The molecule has 0 aliphatic carbocycles. The molecule has 2 rings (SSSR count). The lowest BCUT2D eigenvalue weighted by atomic mass is 9.99. The van der Waals surface area contributed by atoms with Crippen molar-refractivity contribution in [2.24, 2.45) is 7.05 Å². The van der Waals surface area contributed by atoms with Gasteiger partial charge in [-0.05, 0) is 24.1 Å². The van der Waals surface area contributed by atoms with Gasteiger partial charge in [-0.3, -0.25) is 4.68 Å². The Hall–Kier alpha value is -2.17. The Balaban J connectivity index is 2.66. The summed E-state index contributed by atoms with van der Waals surface area (Å²) in [5, 5.41) is 13.4. The van der Waals surface area contributed by atoms with Gasteiger partial charge in [0.2, 0.25) is 0 Å². The summed E-state index contributed by atoms with van der Waals surface area (Å²) in [6, 6.07) is 3.77. The van der Waals surface area contributed by atoms with Gasteiger partial charge in [0.05, 0.1) is 11.3 Å². The van der Waals surface area contributed by atoms with E-state index in [-0.39, 0.29) is 5.56 Å². The van der Waals surface area contributed by atoms with Crippen LogP contribution in [0.4, 0.5) is 4.39 Å². The van der Waals surface area contributed by atoms with Gasteiger partial charge in [0, 0.05) is 18.8 Å². The van der Waals surface area contributed by atoms with Crippen molar-refractivity contribution in [1.82, 2.24) is 9.78 Å². The van der Waals surface area contributed by atoms with E-state index in [1.807, 2.05) is 6.92 Å². The van der Waals surface area contributed by atoms with Crippen LogP contribution >= 0.6 is 0 Å². The molecule has 0 atom stereocenters. The largest absolute Gasteiger partial charge is 0.478 e. The van der Waals surface area contributed by atoms with Crippen LogP contribution in [0.15, 0.2) is 24.4 Å². The number of rotatable bonds is 3. The SMILES string of the molecule is CCc1nn(C)cc1-c1ccc(F)cc1C(=O)O. The van der Waals surface area contributed by atoms with Crippen molar-refractivity contribution >= 4 is 5.97 Å². The van der Waals surface area contributed by atoms with Crippen molar-refractivity contribution in [3.05, 3.63) is 41.5 Å². The number of nitrogens with zero attached hydrogens (tertiary/aromatic N) is 2. The van der Waals surface area contributed by atoms with E-state index in [4.69, 9.17) is 5.11 Å². The molecule has 1 heterocycles. The molecular weight excluding hydrogens is 235 g/mol. The van der Waals surface area contributed by atoms with Crippen LogP contribution in [0.5, 0.6) is 0 Å². The summed E-state index contributed by atoms with van der Waals surface area (Å²) < 4.78 is 14.8. The Morgan fingerprint density at radius 2 is 2.17 bits per heavy atom. The molecule has 0 saturated carbocycles. The fourth-order valence-corrected chi connectivity index (χ4v) is 1.95. The third-order valence-electron chi connectivity index (χ3n) is 2.74. The van der Waals surface area contributed by atoms with Gasteiger partial charge in [0.1, 0.15) is 5.82 Å². The van der Waals surface area contributed by atoms with Crippen molar-refractivity contribution < 1.29 is 14.3 Å². The topological polar surface area (TPSA) is 55.1 Å². The fraction of sp³-hybridized carbons (Fsp3) is 0.231. The van der Waals surface area contributed by atoms with E-state index < -0.39 is 11.8 Å². The number of benzene rings is 1. The maximum Gasteiger partial charge on any atom is 0.336 e. The summed E-state index contributed by atoms with van der Waals surface area (Å²) in [4.78, 5) is 11.2. The first kappa shape index (κ1) is 12.3. The van der Waals surface area contributed by atoms with Crippen molar-refractivity contribution in [3.8, 4) is 11.1 Å². The van der Waals surface area contributed by atoms with Crippen LogP contribution in [-0.2, 0) is 13.5 Å². The smallest absolute Gasteiger partial charge is 0.336 e. The molecule has 0 fully saturated rings. The van der Waals surface area contributed by atoms with Gasteiger partial charge in [-0.1, -0.05) is 13.0 Å². The van der Waals surface area contributed by atoms with Crippen molar-refractivity contribution in [2.75, 3.05) is 0 Å². The summed E-state index contributed by atoms with van der Waals surface area (Å²) in [7, 11) is 1.77. The van der Waals surface area contributed by atoms with Gasteiger partial charge in [0.25, 0.3) is 0 Å². The Morgan fingerprint density at radius 3 is 2.78 bits per heavy atom. The summed E-state index contributed by atoms with van der Waals surface area (Å²) >= 11 is 0. The zero-order valence-corrected chi connectivity index (χ0v) is 10.1. The van der Waals surface area contributed by atoms with Crippen LogP contribution in [0.1, 0.15) is 23.0 Å². The summed E-state index contributed by atoms with van der Waals surface area (Å²) in [6.45, 7) is 1.94. The average Bonchev–Trinajstić information content (AvgIpc) is 2.70. The van der Waals surface area contributed by atoms with E-state index >= 15 is 0 Å².